The zero-order valence-electron chi connectivity index (χ0n) is 17.7. The number of aromatic nitrogens is 2. The Labute approximate surface area is 180 Å². The largest absolute Gasteiger partial charge is 0.508 e. The lowest BCUT2D eigenvalue weighted by molar-refractivity contribution is -0.136. The predicted molar refractivity (Wildman–Crippen MR) is 118 cm³/mol. The molecule has 1 aliphatic heterocycles. The van der Waals surface area contributed by atoms with Crippen LogP contribution in [0, 0.1) is 6.92 Å². The molecule has 0 spiro atoms. The maximum absolute atomic E-state index is 12.3. The highest BCUT2D eigenvalue weighted by Gasteiger charge is 2.29. The number of hydrogen-bond acceptors (Lipinski definition) is 7. The van der Waals surface area contributed by atoms with Gasteiger partial charge in [-0.3, -0.25) is 4.79 Å². The molecule has 3 aromatic rings. The first-order chi connectivity index (χ1) is 15.1. The Balaban J connectivity index is 1.58. The van der Waals surface area contributed by atoms with Crippen LogP contribution in [-0.2, 0) is 9.53 Å². The summed E-state index contributed by atoms with van der Waals surface area (Å²) in [5, 5.41) is 13.9. The van der Waals surface area contributed by atoms with Crippen LogP contribution in [0.2, 0.25) is 0 Å². The van der Waals surface area contributed by atoms with Gasteiger partial charge in [0.15, 0.2) is 0 Å². The molecule has 1 amide bonds. The molecule has 1 unspecified atom stereocenters. The van der Waals surface area contributed by atoms with Gasteiger partial charge in [-0.15, -0.1) is 0 Å². The van der Waals surface area contributed by atoms with Crippen LogP contribution in [-0.4, -0.2) is 58.8 Å². The average molecular weight is 422 g/mol. The van der Waals surface area contributed by atoms with Gasteiger partial charge >= 0.3 is 0 Å². The molecular formula is C23H26N4O4. The van der Waals surface area contributed by atoms with Crippen LogP contribution in [0.4, 0.5) is 11.5 Å². The van der Waals surface area contributed by atoms with E-state index in [2.05, 4.69) is 15.3 Å². The molecule has 4 rings (SSSR count). The molecule has 0 saturated carbocycles. The van der Waals surface area contributed by atoms with E-state index < -0.39 is 0 Å². The number of rotatable bonds is 7. The summed E-state index contributed by atoms with van der Waals surface area (Å²) in [6, 6.07) is 11.0. The number of nitrogens with zero attached hydrogens (tertiary/aromatic N) is 3. The molecule has 2 heterocycles. The third-order valence-corrected chi connectivity index (χ3v) is 5.48. The Morgan fingerprint density at radius 2 is 2.16 bits per heavy atom. The van der Waals surface area contributed by atoms with E-state index in [0.717, 1.165) is 41.5 Å². The summed E-state index contributed by atoms with van der Waals surface area (Å²) in [4.78, 5) is 22.9. The van der Waals surface area contributed by atoms with Crippen molar-refractivity contribution in [2.45, 2.75) is 25.8 Å². The Bertz CT molecular complexity index is 1080. The van der Waals surface area contributed by atoms with E-state index in [9.17, 15) is 9.90 Å². The fourth-order valence-corrected chi connectivity index (χ4v) is 3.89. The predicted octanol–water partition coefficient (Wildman–Crippen LogP) is 3.40. The first-order valence-electron chi connectivity index (χ1n) is 10.3. The van der Waals surface area contributed by atoms with Crippen LogP contribution in [0.5, 0.6) is 11.5 Å². The van der Waals surface area contributed by atoms with Gasteiger partial charge in [0.2, 0.25) is 5.91 Å². The number of methoxy groups -OCH3 is 1. The highest BCUT2D eigenvalue weighted by atomic mass is 16.5. The van der Waals surface area contributed by atoms with Gasteiger partial charge in [-0.25, -0.2) is 9.97 Å². The number of amides is 1. The number of aryl methyl sites for hydroxylation is 1. The number of nitrogens with one attached hydrogen (secondary N) is 1. The number of likely N-dealkylation sites (tertiary alicyclic amines) is 1. The van der Waals surface area contributed by atoms with Gasteiger partial charge in [-0.1, -0.05) is 6.07 Å². The second-order valence-corrected chi connectivity index (χ2v) is 7.63. The number of carbonyl (C=O) groups excluding carboxylic acids is 1. The molecule has 2 aromatic carbocycles. The molecule has 1 saturated heterocycles. The van der Waals surface area contributed by atoms with E-state index in [4.69, 9.17) is 9.47 Å². The molecule has 1 aliphatic rings. The number of benzene rings is 2. The average Bonchev–Trinajstić information content (AvgIpc) is 3.24. The molecule has 0 aliphatic carbocycles. The minimum Gasteiger partial charge on any atom is -0.508 e. The van der Waals surface area contributed by atoms with E-state index in [0.29, 0.717) is 18.2 Å². The van der Waals surface area contributed by atoms with Crippen molar-refractivity contribution in [3.8, 4) is 11.5 Å². The second kappa shape index (κ2) is 9.18. The quantitative estimate of drug-likeness (QED) is 0.563. The normalized spacial score (nSPS) is 15.9. The number of aromatic hydroxyl groups is 1. The number of carbonyl (C=O) groups is 1. The van der Waals surface area contributed by atoms with Crippen LogP contribution in [0.15, 0.2) is 42.7 Å². The smallest absolute Gasteiger partial charge is 0.248 e. The van der Waals surface area contributed by atoms with Crippen LogP contribution in [0.25, 0.3) is 10.9 Å². The highest BCUT2D eigenvalue weighted by molar-refractivity contribution is 5.95. The summed E-state index contributed by atoms with van der Waals surface area (Å²) in [5.41, 5.74) is 2.32. The van der Waals surface area contributed by atoms with Crippen molar-refractivity contribution in [2.24, 2.45) is 0 Å². The third kappa shape index (κ3) is 4.54. The molecule has 2 N–H and O–H groups in total. The molecule has 8 heteroatoms. The van der Waals surface area contributed by atoms with Crippen molar-refractivity contribution in [2.75, 3.05) is 32.2 Å². The Kier molecular flexibility index (Phi) is 6.18. The van der Waals surface area contributed by atoms with Crippen molar-refractivity contribution < 1.29 is 19.4 Å². The highest BCUT2D eigenvalue weighted by Crippen LogP contribution is 2.33. The fraction of sp³-hybridized carbons (Fsp3) is 0.348. The summed E-state index contributed by atoms with van der Waals surface area (Å²) in [7, 11) is 1.53. The number of fused-ring (bicyclic) bond motifs is 1. The lowest BCUT2D eigenvalue weighted by atomic mass is 10.1. The number of anilines is 2. The summed E-state index contributed by atoms with van der Waals surface area (Å²) in [6.45, 7) is 3.03. The van der Waals surface area contributed by atoms with Crippen LogP contribution < -0.4 is 10.1 Å². The van der Waals surface area contributed by atoms with E-state index in [1.165, 1.54) is 13.4 Å². The zero-order valence-corrected chi connectivity index (χ0v) is 17.7. The molecule has 162 valence electrons. The standard InChI is InChI=1S/C23H26N4O4/c1-15-11-16(8-9-19(15)28)26-23-22-18(24-14-25-23)6-3-7-20(22)31-12-17-5-4-10-27(17)21(29)13-30-2/h3,6-9,11,14,17,28H,4-5,10,12-13H2,1-2H3,(H,24,25,26). The van der Waals surface area contributed by atoms with Gasteiger partial charge < -0.3 is 24.8 Å². The molecule has 1 fully saturated rings. The molecule has 0 bridgehead atoms. The van der Waals surface area contributed by atoms with E-state index in [1.807, 2.05) is 36.1 Å². The van der Waals surface area contributed by atoms with Crippen molar-refractivity contribution in [3.63, 3.8) is 0 Å². The first kappa shape index (κ1) is 20.9. The Morgan fingerprint density at radius 1 is 1.29 bits per heavy atom. The van der Waals surface area contributed by atoms with Crippen molar-refractivity contribution in [1.29, 1.82) is 0 Å². The van der Waals surface area contributed by atoms with E-state index in [-0.39, 0.29) is 24.3 Å². The zero-order chi connectivity index (χ0) is 21.8. The first-order valence-corrected chi connectivity index (χ1v) is 10.3. The molecule has 0 radical (unpaired) electrons. The van der Waals surface area contributed by atoms with Crippen molar-refractivity contribution >= 4 is 28.3 Å². The van der Waals surface area contributed by atoms with Gasteiger partial charge in [0.1, 0.15) is 36.9 Å². The molecule has 1 atom stereocenters. The lowest BCUT2D eigenvalue weighted by Gasteiger charge is -2.25. The van der Waals surface area contributed by atoms with Gasteiger partial charge in [-0.05, 0) is 55.7 Å². The van der Waals surface area contributed by atoms with Gasteiger partial charge in [0.05, 0.1) is 16.9 Å². The monoisotopic (exact) mass is 422 g/mol. The molecule has 31 heavy (non-hydrogen) atoms. The van der Waals surface area contributed by atoms with Crippen LogP contribution in [0.3, 0.4) is 0 Å². The maximum Gasteiger partial charge on any atom is 0.248 e. The van der Waals surface area contributed by atoms with Gasteiger partial charge in [0.25, 0.3) is 0 Å². The minimum absolute atomic E-state index is 0.0127. The van der Waals surface area contributed by atoms with Crippen LogP contribution >= 0.6 is 0 Å². The summed E-state index contributed by atoms with van der Waals surface area (Å²) in [6.07, 6.45) is 3.35. The van der Waals surface area contributed by atoms with Crippen molar-refractivity contribution in [1.82, 2.24) is 14.9 Å². The second-order valence-electron chi connectivity index (χ2n) is 7.63. The number of phenolic OH excluding ortho intramolecular Hbond substituents is 1. The summed E-state index contributed by atoms with van der Waals surface area (Å²) >= 11 is 0. The van der Waals surface area contributed by atoms with Crippen LogP contribution in [0.1, 0.15) is 18.4 Å². The molecule has 1 aromatic heterocycles. The molecular weight excluding hydrogens is 396 g/mol. The number of phenols is 1. The SMILES string of the molecule is COCC(=O)N1CCCC1COc1cccc2ncnc(Nc3ccc(O)c(C)c3)c12. The third-order valence-electron chi connectivity index (χ3n) is 5.48. The minimum atomic E-state index is -0.0140. The maximum atomic E-state index is 12.3. The summed E-state index contributed by atoms with van der Waals surface area (Å²) in [5.74, 6) is 1.50. The topological polar surface area (TPSA) is 96.8 Å². The van der Waals surface area contributed by atoms with Gasteiger partial charge in [0, 0.05) is 19.3 Å². The Morgan fingerprint density at radius 3 is 2.97 bits per heavy atom. The number of hydrogen-bond donors (Lipinski definition) is 2. The fourth-order valence-electron chi connectivity index (χ4n) is 3.89. The Hall–Kier alpha value is -3.39. The summed E-state index contributed by atoms with van der Waals surface area (Å²) < 4.78 is 11.2. The lowest BCUT2D eigenvalue weighted by Crippen LogP contribution is -2.40. The van der Waals surface area contributed by atoms with Gasteiger partial charge in [-0.2, -0.15) is 0 Å². The van der Waals surface area contributed by atoms with E-state index in [1.54, 1.807) is 12.1 Å². The van der Waals surface area contributed by atoms with Crippen molar-refractivity contribution in [3.05, 3.63) is 48.3 Å². The van der Waals surface area contributed by atoms with E-state index >= 15 is 0 Å². The molecule has 8 nitrogen and oxygen atoms in total. The number of ether oxygens (including phenoxy) is 2.